The van der Waals surface area contributed by atoms with Crippen LogP contribution in [0.25, 0.3) is 0 Å². The third kappa shape index (κ3) is 7.29. The number of halogens is 3. The third-order valence-electron chi connectivity index (χ3n) is 5.13. The topological polar surface area (TPSA) is 130 Å². The molecule has 0 fully saturated rings. The standard InChI is InChI=1S/C25H24F3N5O3/c1-15(32-22(34)13-23(35)33-19-5-2-17(3-6-19)24(29)30)18-4-7-21(20(12-18)25(26,27)28)36-14-16-8-10-31-11-9-16/h2-12,15H,13-14H2,1H3,(H3,29,30)(H,32,34)(H,33,35)/t15-/m0/s1. The van der Waals surface area contributed by atoms with E-state index < -0.39 is 36.0 Å². The molecule has 1 atom stereocenters. The summed E-state index contributed by atoms with van der Waals surface area (Å²) in [6.45, 7) is 1.45. The number of alkyl halides is 3. The summed E-state index contributed by atoms with van der Waals surface area (Å²) in [6, 6.07) is 12.2. The first kappa shape index (κ1) is 26.2. The molecule has 3 rings (SSSR count). The Balaban J connectivity index is 1.62. The van der Waals surface area contributed by atoms with Gasteiger partial charge in [0, 0.05) is 23.6 Å². The summed E-state index contributed by atoms with van der Waals surface area (Å²) in [4.78, 5) is 28.3. The van der Waals surface area contributed by atoms with Crippen molar-refractivity contribution in [1.82, 2.24) is 10.3 Å². The zero-order valence-electron chi connectivity index (χ0n) is 19.2. The fourth-order valence-corrected chi connectivity index (χ4v) is 3.26. The predicted octanol–water partition coefficient (Wildman–Crippen LogP) is 4.17. The predicted molar refractivity (Wildman–Crippen MR) is 127 cm³/mol. The van der Waals surface area contributed by atoms with Gasteiger partial charge < -0.3 is 21.1 Å². The highest BCUT2D eigenvalue weighted by atomic mass is 19.4. The second kappa shape index (κ2) is 11.3. The number of amides is 2. The Hall–Kier alpha value is -4.41. The zero-order chi connectivity index (χ0) is 26.3. The van der Waals surface area contributed by atoms with E-state index in [1.54, 1.807) is 24.3 Å². The van der Waals surface area contributed by atoms with Crippen molar-refractivity contribution in [3.63, 3.8) is 0 Å². The molecule has 0 bridgehead atoms. The highest BCUT2D eigenvalue weighted by molar-refractivity contribution is 6.04. The Morgan fingerprint density at radius 2 is 1.72 bits per heavy atom. The number of hydrogen-bond acceptors (Lipinski definition) is 5. The first-order valence-electron chi connectivity index (χ1n) is 10.8. The van der Waals surface area contributed by atoms with Crippen molar-refractivity contribution >= 4 is 23.3 Å². The number of pyridine rings is 1. The second-order valence-electron chi connectivity index (χ2n) is 7.90. The van der Waals surface area contributed by atoms with Crippen molar-refractivity contribution in [3.05, 3.63) is 89.2 Å². The van der Waals surface area contributed by atoms with Crippen LogP contribution >= 0.6 is 0 Å². The molecule has 0 unspecified atom stereocenters. The lowest BCUT2D eigenvalue weighted by atomic mass is 10.0. The fraction of sp³-hybridized carbons (Fsp3) is 0.200. The summed E-state index contributed by atoms with van der Waals surface area (Å²) in [7, 11) is 0. The molecule has 2 aromatic carbocycles. The highest BCUT2D eigenvalue weighted by Gasteiger charge is 2.35. The van der Waals surface area contributed by atoms with Gasteiger partial charge in [-0.15, -0.1) is 0 Å². The van der Waals surface area contributed by atoms with E-state index in [1.165, 1.54) is 43.6 Å². The van der Waals surface area contributed by atoms with Gasteiger partial charge in [-0.2, -0.15) is 13.2 Å². The van der Waals surface area contributed by atoms with Gasteiger partial charge in [-0.25, -0.2) is 0 Å². The number of benzene rings is 2. The number of amidine groups is 1. The van der Waals surface area contributed by atoms with Crippen LogP contribution in [-0.4, -0.2) is 22.6 Å². The normalized spacial score (nSPS) is 11.9. The van der Waals surface area contributed by atoms with Gasteiger partial charge in [-0.3, -0.25) is 20.0 Å². The van der Waals surface area contributed by atoms with Gasteiger partial charge in [0.05, 0.1) is 11.6 Å². The molecule has 0 saturated carbocycles. The molecule has 0 aliphatic rings. The van der Waals surface area contributed by atoms with Crippen molar-refractivity contribution < 1.29 is 27.5 Å². The van der Waals surface area contributed by atoms with Gasteiger partial charge in [0.2, 0.25) is 11.8 Å². The lowest BCUT2D eigenvalue weighted by Crippen LogP contribution is -2.30. The van der Waals surface area contributed by atoms with Crippen LogP contribution < -0.4 is 21.1 Å². The minimum absolute atomic E-state index is 0.0656. The molecule has 0 spiro atoms. The Morgan fingerprint density at radius 3 is 2.33 bits per heavy atom. The molecule has 0 aliphatic carbocycles. The number of nitrogens with two attached hydrogens (primary N) is 1. The quantitative estimate of drug-likeness (QED) is 0.199. The number of anilines is 1. The van der Waals surface area contributed by atoms with Gasteiger partial charge >= 0.3 is 6.18 Å². The number of aromatic nitrogens is 1. The van der Waals surface area contributed by atoms with E-state index in [2.05, 4.69) is 15.6 Å². The Labute approximate surface area is 205 Å². The number of hydrogen-bond donors (Lipinski definition) is 4. The monoisotopic (exact) mass is 499 g/mol. The van der Waals surface area contributed by atoms with Crippen molar-refractivity contribution in [2.75, 3.05) is 5.32 Å². The third-order valence-corrected chi connectivity index (χ3v) is 5.13. The summed E-state index contributed by atoms with van der Waals surface area (Å²) in [6.07, 6.45) is -2.17. The van der Waals surface area contributed by atoms with Crippen molar-refractivity contribution in [2.24, 2.45) is 5.73 Å². The molecule has 2 amide bonds. The van der Waals surface area contributed by atoms with Crippen LogP contribution in [0.2, 0.25) is 0 Å². The number of rotatable bonds is 9. The molecule has 5 N–H and O–H groups in total. The van der Waals surface area contributed by atoms with Gasteiger partial charge in [-0.05, 0) is 66.6 Å². The lowest BCUT2D eigenvalue weighted by molar-refractivity contribution is -0.139. The van der Waals surface area contributed by atoms with Crippen LogP contribution in [0.3, 0.4) is 0 Å². The van der Waals surface area contributed by atoms with E-state index in [1.807, 2.05) is 0 Å². The molecule has 11 heteroatoms. The van der Waals surface area contributed by atoms with Crippen molar-refractivity contribution in [1.29, 1.82) is 5.41 Å². The molecule has 8 nitrogen and oxygen atoms in total. The highest BCUT2D eigenvalue weighted by Crippen LogP contribution is 2.38. The smallest absolute Gasteiger partial charge is 0.419 e. The largest absolute Gasteiger partial charge is 0.488 e. The van der Waals surface area contributed by atoms with Crippen LogP contribution in [0, 0.1) is 5.41 Å². The van der Waals surface area contributed by atoms with Crippen LogP contribution in [0.1, 0.15) is 41.6 Å². The van der Waals surface area contributed by atoms with Gasteiger partial charge in [0.1, 0.15) is 24.6 Å². The van der Waals surface area contributed by atoms with E-state index in [-0.39, 0.29) is 23.8 Å². The Kier molecular flexibility index (Phi) is 8.26. The summed E-state index contributed by atoms with van der Waals surface area (Å²) in [5, 5.41) is 12.4. The number of nitrogens with zero attached hydrogens (tertiary/aromatic N) is 1. The molecular formula is C25H24F3N5O3. The molecule has 188 valence electrons. The fourth-order valence-electron chi connectivity index (χ4n) is 3.26. The first-order chi connectivity index (χ1) is 17.0. The SMILES string of the molecule is C[C@H](NC(=O)CC(=O)Nc1ccc(C(=N)N)cc1)c1ccc(OCc2ccncc2)c(C(F)(F)F)c1. The van der Waals surface area contributed by atoms with E-state index in [4.69, 9.17) is 15.9 Å². The van der Waals surface area contributed by atoms with E-state index in [0.717, 1.165) is 6.07 Å². The molecule has 0 saturated heterocycles. The molecule has 0 aliphatic heterocycles. The van der Waals surface area contributed by atoms with Crippen LogP contribution in [0.15, 0.2) is 67.0 Å². The summed E-state index contributed by atoms with van der Waals surface area (Å²) >= 11 is 0. The van der Waals surface area contributed by atoms with E-state index in [9.17, 15) is 22.8 Å². The minimum Gasteiger partial charge on any atom is -0.488 e. The number of carbonyl (C=O) groups is 2. The maximum absolute atomic E-state index is 13.7. The molecule has 1 aromatic heterocycles. The number of nitrogens with one attached hydrogen (secondary N) is 3. The zero-order valence-corrected chi connectivity index (χ0v) is 19.2. The van der Waals surface area contributed by atoms with Crippen molar-refractivity contribution in [2.45, 2.75) is 32.2 Å². The second-order valence-corrected chi connectivity index (χ2v) is 7.90. The average molecular weight is 499 g/mol. The van der Waals surface area contributed by atoms with E-state index in [0.29, 0.717) is 16.8 Å². The van der Waals surface area contributed by atoms with Crippen LogP contribution in [0.5, 0.6) is 5.75 Å². The van der Waals surface area contributed by atoms with Crippen molar-refractivity contribution in [3.8, 4) is 5.75 Å². The average Bonchev–Trinajstić information content (AvgIpc) is 2.82. The van der Waals surface area contributed by atoms with E-state index >= 15 is 0 Å². The summed E-state index contributed by atoms with van der Waals surface area (Å²) in [5.74, 6) is -1.72. The maximum atomic E-state index is 13.7. The number of carbonyl (C=O) groups excluding carboxylic acids is 2. The Bertz CT molecular complexity index is 1230. The van der Waals surface area contributed by atoms with Crippen LogP contribution in [-0.2, 0) is 22.4 Å². The van der Waals surface area contributed by atoms with Gasteiger partial charge in [0.25, 0.3) is 0 Å². The molecule has 1 heterocycles. The molecule has 0 radical (unpaired) electrons. The summed E-state index contributed by atoms with van der Waals surface area (Å²) in [5.41, 5.74) is 6.15. The number of ether oxygens (including phenoxy) is 1. The molecule has 3 aromatic rings. The first-order valence-corrected chi connectivity index (χ1v) is 10.8. The van der Waals surface area contributed by atoms with Crippen LogP contribution in [0.4, 0.5) is 18.9 Å². The molecular weight excluding hydrogens is 475 g/mol. The number of nitrogen functional groups attached to an aromatic ring is 1. The Morgan fingerprint density at radius 1 is 1.06 bits per heavy atom. The minimum atomic E-state index is -4.68. The maximum Gasteiger partial charge on any atom is 0.419 e. The van der Waals surface area contributed by atoms with Gasteiger partial charge in [-0.1, -0.05) is 6.07 Å². The lowest BCUT2D eigenvalue weighted by Gasteiger charge is -2.19. The molecule has 36 heavy (non-hydrogen) atoms. The summed E-state index contributed by atoms with van der Waals surface area (Å²) < 4.78 is 46.4. The van der Waals surface area contributed by atoms with Gasteiger partial charge in [0.15, 0.2) is 0 Å².